The normalized spacial score (nSPS) is 10.9. The molecule has 18 heavy (non-hydrogen) atoms. The third-order valence-electron chi connectivity index (χ3n) is 2.92. The lowest BCUT2D eigenvalue weighted by molar-refractivity contribution is 0.208. The molecule has 1 aromatic heterocycles. The van der Waals surface area contributed by atoms with Gasteiger partial charge in [0.25, 0.3) is 4.84 Å². The zero-order valence-electron chi connectivity index (χ0n) is 9.54. The highest BCUT2D eigenvalue weighted by Gasteiger charge is 2.07. The fraction of sp³-hybridized carbons (Fsp3) is 0.0714. The number of aliphatic hydroxyl groups excluding tert-OH is 1. The molecule has 3 nitrogen and oxygen atoms in total. The average Bonchev–Trinajstić information content (AvgIpc) is 2.74. The molecule has 90 valence electrons. The molecule has 1 heterocycles. The van der Waals surface area contributed by atoms with Crippen molar-refractivity contribution in [2.24, 2.45) is 0 Å². The number of oxazole rings is 1. The topological polar surface area (TPSA) is 38.3 Å². The Balaban J connectivity index is 2.21. The van der Waals surface area contributed by atoms with E-state index < -0.39 is 0 Å². The van der Waals surface area contributed by atoms with E-state index in [1.807, 2.05) is 48.5 Å². The molecule has 0 aliphatic heterocycles. The van der Waals surface area contributed by atoms with E-state index in [2.05, 4.69) is 0 Å². The van der Waals surface area contributed by atoms with Crippen molar-refractivity contribution in [1.82, 2.24) is 4.57 Å². The Kier molecular flexibility index (Phi) is 2.74. The average molecular weight is 257 g/mol. The molecule has 3 rings (SSSR count). The third kappa shape index (κ3) is 1.75. The summed E-state index contributed by atoms with van der Waals surface area (Å²) in [5, 5.41) is 9.23. The summed E-state index contributed by atoms with van der Waals surface area (Å²) in [4.78, 5) is 0.290. The Morgan fingerprint density at radius 3 is 2.56 bits per heavy atom. The van der Waals surface area contributed by atoms with E-state index >= 15 is 0 Å². The summed E-state index contributed by atoms with van der Waals surface area (Å²) in [6.07, 6.45) is 0. The van der Waals surface area contributed by atoms with E-state index in [4.69, 9.17) is 16.6 Å². The van der Waals surface area contributed by atoms with Gasteiger partial charge < -0.3 is 9.52 Å². The molecule has 4 heteroatoms. The van der Waals surface area contributed by atoms with E-state index in [0.29, 0.717) is 5.58 Å². The number of fused-ring (bicyclic) bond motifs is 1. The van der Waals surface area contributed by atoms with Crippen LogP contribution in [0.25, 0.3) is 22.2 Å². The van der Waals surface area contributed by atoms with Gasteiger partial charge in [0.2, 0.25) is 0 Å². The Hall–Kier alpha value is -1.91. The van der Waals surface area contributed by atoms with Crippen LogP contribution in [0.15, 0.2) is 52.9 Å². The van der Waals surface area contributed by atoms with Crippen LogP contribution in [0.4, 0.5) is 0 Å². The predicted octanol–water partition coefficient (Wildman–Crippen LogP) is 3.58. The van der Waals surface area contributed by atoms with Gasteiger partial charge in [-0.3, -0.25) is 4.57 Å². The summed E-state index contributed by atoms with van der Waals surface area (Å²) < 4.78 is 7.02. The van der Waals surface area contributed by atoms with Gasteiger partial charge in [0.15, 0.2) is 5.58 Å². The number of hydrogen-bond acceptors (Lipinski definition) is 3. The smallest absolute Gasteiger partial charge is 0.271 e. The molecule has 0 aliphatic rings. The first-order valence-corrected chi connectivity index (χ1v) is 6.00. The minimum atomic E-state index is -0.170. The molecule has 0 saturated heterocycles. The van der Waals surface area contributed by atoms with Crippen LogP contribution in [0.1, 0.15) is 0 Å². The minimum Gasteiger partial charge on any atom is -0.429 e. The molecule has 0 unspecified atom stereocenters. The molecule has 2 aromatic carbocycles. The first kappa shape index (κ1) is 11.2. The van der Waals surface area contributed by atoms with Crippen molar-refractivity contribution >= 4 is 23.3 Å². The van der Waals surface area contributed by atoms with Gasteiger partial charge >= 0.3 is 0 Å². The van der Waals surface area contributed by atoms with Crippen LogP contribution in [0, 0.1) is 4.84 Å². The maximum Gasteiger partial charge on any atom is 0.271 e. The van der Waals surface area contributed by atoms with Gasteiger partial charge in [-0.1, -0.05) is 36.4 Å². The first-order valence-electron chi connectivity index (χ1n) is 5.59. The summed E-state index contributed by atoms with van der Waals surface area (Å²) in [6.45, 7) is -0.170. The summed E-state index contributed by atoms with van der Waals surface area (Å²) in [5.74, 6) is 0. The monoisotopic (exact) mass is 257 g/mol. The molecule has 3 aromatic rings. The maximum atomic E-state index is 9.23. The van der Waals surface area contributed by atoms with E-state index in [1.165, 1.54) is 0 Å². The lowest BCUT2D eigenvalue weighted by Gasteiger charge is -2.01. The van der Waals surface area contributed by atoms with Crippen molar-refractivity contribution in [3.8, 4) is 11.1 Å². The van der Waals surface area contributed by atoms with Crippen molar-refractivity contribution in [1.29, 1.82) is 0 Å². The zero-order valence-corrected chi connectivity index (χ0v) is 10.4. The van der Waals surface area contributed by atoms with Crippen LogP contribution in [-0.4, -0.2) is 9.67 Å². The lowest BCUT2D eigenvalue weighted by atomic mass is 10.1. The Bertz CT molecular complexity index is 743. The second kappa shape index (κ2) is 4.40. The summed E-state index contributed by atoms with van der Waals surface area (Å²) in [7, 11) is 0. The fourth-order valence-electron chi connectivity index (χ4n) is 2.01. The van der Waals surface area contributed by atoms with Crippen LogP contribution in [0.5, 0.6) is 0 Å². The van der Waals surface area contributed by atoms with Gasteiger partial charge in [0.05, 0.1) is 5.52 Å². The highest BCUT2D eigenvalue weighted by Crippen LogP contribution is 2.25. The molecule has 0 spiro atoms. The Morgan fingerprint density at radius 2 is 1.83 bits per heavy atom. The predicted molar refractivity (Wildman–Crippen MR) is 72.7 cm³/mol. The molecular formula is C14H11NO2S. The molecule has 0 radical (unpaired) electrons. The molecule has 1 N–H and O–H groups in total. The van der Waals surface area contributed by atoms with Crippen molar-refractivity contribution in [2.75, 3.05) is 0 Å². The van der Waals surface area contributed by atoms with Crippen molar-refractivity contribution in [2.45, 2.75) is 6.73 Å². The minimum absolute atomic E-state index is 0.170. The molecule has 0 amide bonds. The third-order valence-corrected chi connectivity index (χ3v) is 3.22. The highest BCUT2D eigenvalue weighted by molar-refractivity contribution is 7.71. The summed E-state index contributed by atoms with van der Waals surface area (Å²) in [5.41, 5.74) is 3.69. The van der Waals surface area contributed by atoms with Crippen LogP contribution in [0.3, 0.4) is 0 Å². The SMILES string of the molecule is OCn1c(=S)oc2cc(-c3ccccc3)ccc21. The zero-order chi connectivity index (χ0) is 12.5. The summed E-state index contributed by atoms with van der Waals surface area (Å²) >= 11 is 5.05. The van der Waals surface area contributed by atoms with Gasteiger partial charge in [0.1, 0.15) is 6.73 Å². The van der Waals surface area contributed by atoms with Gasteiger partial charge in [-0.15, -0.1) is 0 Å². The van der Waals surface area contributed by atoms with Gasteiger partial charge in [-0.2, -0.15) is 0 Å². The fourth-order valence-corrected chi connectivity index (χ4v) is 2.26. The van der Waals surface area contributed by atoms with Crippen LogP contribution in [0.2, 0.25) is 0 Å². The number of benzene rings is 2. The quantitative estimate of drug-likeness (QED) is 0.713. The number of aromatic nitrogens is 1. The number of rotatable bonds is 2. The largest absolute Gasteiger partial charge is 0.429 e. The molecule has 0 aliphatic carbocycles. The summed E-state index contributed by atoms with van der Waals surface area (Å²) in [6, 6.07) is 15.9. The standard InChI is InChI=1S/C14H11NO2S/c16-9-15-12-7-6-11(8-13(12)17-14(15)18)10-4-2-1-3-5-10/h1-8,16H,9H2. The second-order valence-electron chi connectivity index (χ2n) is 3.99. The Morgan fingerprint density at radius 1 is 1.06 bits per heavy atom. The number of aliphatic hydroxyl groups is 1. The van der Waals surface area contributed by atoms with Crippen molar-refractivity contribution < 1.29 is 9.52 Å². The van der Waals surface area contributed by atoms with E-state index in [0.717, 1.165) is 16.6 Å². The molecule has 0 fully saturated rings. The van der Waals surface area contributed by atoms with Crippen LogP contribution < -0.4 is 0 Å². The molecular weight excluding hydrogens is 246 g/mol. The van der Waals surface area contributed by atoms with E-state index in [1.54, 1.807) is 4.57 Å². The van der Waals surface area contributed by atoms with Crippen molar-refractivity contribution in [3.63, 3.8) is 0 Å². The van der Waals surface area contributed by atoms with Gasteiger partial charge in [-0.25, -0.2) is 0 Å². The second-order valence-corrected chi connectivity index (χ2v) is 4.34. The van der Waals surface area contributed by atoms with E-state index in [-0.39, 0.29) is 11.6 Å². The first-order chi connectivity index (χ1) is 8.79. The van der Waals surface area contributed by atoms with Gasteiger partial charge in [-0.05, 0) is 35.5 Å². The lowest BCUT2D eigenvalue weighted by Crippen LogP contribution is -1.94. The highest BCUT2D eigenvalue weighted by atomic mass is 32.1. The van der Waals surface area contributed by atoms with Crippen molar-refractivity contribution in [3.05, 3.63) is 53.4 Å². The van der Waals surface area contributed by atoms with E-state index in [9.17, 15) is 5.11 Å². The van der Waals surface area contributed by atoms with Crippen LogP contribution in [-0.2, 0) is 6.73 Å². The maximum absolute atomic E-state index is 9.23. The number of hydrogen-bond donors (Lipinski definition) is 1. The molecule has 0 bridgehead atoms. The molecule has 0 saturated carbocycles. The van der Waals surface area contributed by atoms with Gasteiger partial charge in [0, 0.05) is 0 Å². The number of nitrogens with zero attached hydrogens (tertiary/aromatic N) is 1. The van der Waals surface area contributed by atoms with Crippen LogP contribution >= 0.6 is 12.2 Å². The molecule has 0 atom stereocenters. The Labute approximate surface area is 109 Å².